The van der Waals surface area contributed by atoms with Crippen molar-refractivity contribution in [1.82, 2.24) is 20.2 Å². The Morgan fingerprint density at radius 3 is 1.58 bits per heavy atom. The van der Waals surface area contributed by atoms with Gasteiger partial charge >= 0.3 is 18.4 Å². The predicted octanol–water partition coefficient (Wildman–Crippen LogP) is 9.75. The van der Waals surface area contributed by atoms with Crippen LogP contribution >= 0.6 is 12.4 Å². The molecular formula is C45H43ClF8N6O4. The molecule has 340 valence electrons. The monoisotopic (exact) mass is 918 g/mol. The van der Waals surface area contributed by atoms with Crippen molar-refractivity contribution in [3.8, 4) is 34.4 Å². The van der Waals surface area contributed by atoms with Crippen molar-refractivity contribution in [3.63, 3.8) is 0 Å². The predicted molar refractivity (Wildman–Crippen MR) is 220 cm³/mol. The number of rotatable bonds is 10. The summed E-state index contributed by atoms with van der Waals surface area (Å²) in [6, 6.07) is 14.6. The summed E-state index contributed by atoms with van der Waals surface area (Å²) >= 11 is 0. The third-order valence-corrected chi connectivity index (χ3v) is 10.2. The normalized spacial score (nSPS) is 18.5. The Kier molecular flexibility index (Phi) is 16.7. The van der Waals surface area contributed by atoms with Gasteiger partial charge in [0.25, 0.3) is 0 Å². The molecule has 2 aromatic heterocycles. The smallest absolute Gasteiger partial charge is 0.416 e. The third kappa shape index (κ3) is 13.5. The van der Waals surface area contributed by atoms with Gasteiger partial charge in [-0.1, -0.05) is 24.3 Å². The molecule has 2 aliphatic rings. The molecule has 2 aromatic carbocycles. The van der Waals surface area contributed by atoms with Gasteiger partial charge in [-0.2, -0.15) is 36.9 Å². The lowest BCUT2D eigenvalue weighted by Crippen LogP contribution is -2.43. The van der Waals surface area contributed by atoms with Crippen LogP contribution in [-0.4, -0.2) is 75.6 Å². The lowest BCUT2D eigenvalue weighted by molar-refractivity contribution is -0.138. The molecule has 64 heavy (non-hydrogen) atoms. The first kappa shape index (κ1) is 50.7. The molecule has 19 heteroatoms. The van der Waals surface area contributed by atoms with Crippen LogP contribution in [0.2, 0.25) is 0 Å². The van der Waals surface area contributed by atoms with Crippen LogP contribution in [-0.2, 0) is 39.5 Å². The zero-order chi connectivity index (χ0) is 46.3. The Balaban J connectivity index is 0.000000283. The standard InChI is InChI=1S/C25H25F4N3O3.C20H17F4N3O.ClH/c1-24(2,3)35-23(34)32-14-18(26)10-21(32)22(33)9-8-19-11-20(16(12-30)13-31-19)15-4-6-17(7-5-15)25(27,28)29;21-15-7-18(27-11-15)19(28)6-5-16-8-17(13(9-25)10-26-16)12-1-3-14(4-2-12)20(22,23)24;/h4-7,11,13,18,21H,8-10,14H2,1-3H3;1-4,8,10,15,18,27H,5-7,11H2;1H/t18-,21+;15-,18+;/m11./s1. The number of pyridine rings is 2. The molecule has 2 fully saturated rings. The van der Waals surface area contributed by atoms with Crippen molar-refractivity contribution >= 4 is 30.1 Å². The van der Waals surface area contributed by atoms with Gasteiger partial charge in [0.1, 0.15) is 35.9 Å². The Labute approximate surface area is 370 Å². The van der Waals surface area contributed by atoms with Crippen LogP contribution < -0.4 is 5.32 Å². The minimum atomic E-state index is -4.48. The van der Waals surface area contributed by atoms with E-state index in [1.165, 1.54) is 36.7 Å². The van der Waals surface area contributed by atoms with Crippen LogP contribution in [0.15, 0.2) is 73.1 Å². The van der Waals surface area contributed by atoms with Crippen molar-refractivity contribution in [2.75, 3.05) is 13.1 Å². The number of hydrogen-bond donors (Lipinski definition) is 1. The zero-order valence-electron chi connectivity index (χ0n) is 34.7. The molecule has 2 aliphatic heterocycles. The second-order valence-corrected chi connectivity index (χ2v) is 16.0. The van der Waals surface area contributed by atoms with Crippen molar-refractivity contribution in [3.05, 3.63) is 107 Å². The highest BCUT2D eigenvalue weighted by atomic mass is 35.5. The Morgan fingerprint density at radius 1 is 0.734 bits per heavy atom. The first-order valence-corrected chi connectivity index (χ1v) is 19.8. The molecule has 0 aliphatic carbocycles. The number of nitriles is 2. The number of ether oxygens (including phenoxy) is 1. The van der Waals surface area contributed by atoms with Crippen molar-refractivity contribution in [1.29, 1.82) is 10.5 Å². The van der Waals surface area contributed by atoms with Crippen LogP contribution in [0, 0.1) is 22.7 Å². The van der Waals surface area contributed by atoms with Gasteiger partial charge in [-0.25, -0.2) is 13.6 Å². The maximum atomic E-state index is 14.1. The first-order valence-electron chi connectivity index (χ1n) is 19.8. The average molecular weight is 919 g/mol. The van der Waals surface area contributed by atoms with Crippen molar-refractivity contribution in [2.45, 2.75) is 102 Å². The van der Waals surface area contributed by atoms with Crippen LogP contribution in [0.1, 0.15) is 80.1 Å². The van der Waals surface area contributed by atoms with E-state index in [1.807, 2.05) is 12.1 Å². The minimum Gasteiger partial charge on any atom is -0.444 e. The first-order chi connectivity index (χ1) is 29.6. The van der Waals surface area contributed by atoms with Gasteiger partial charge in [-0.15, -0.1) is 12.4 Å². The van der Waals surface area contributed by atoms with E-state index in [1.54, 1.807) is 32.9 Å². The number of ketones is 2. The Morgan fingerprint density at radius 2 is 1.19 bits per heavy atom. The van der Waals surface area contributed by atoms with E-state index in [-0.39, 0.29) is 80.3 Å². The van der Waals surface area contributed by atoms with E-state index < -0.39 is 59.6 Å². The van der Waals surface area contributed by atoms with E-state index in [9.17, 15) is 60.0 Å². The van der Waals surface area contributed by atoms with Gasteiger partial charge in [0, 0.05) is 67.1 Å². The molecule has 2 saturated heterocycles. The Bertz CT molecular complexity index is 2380. The number of carbonyl (C=O) groups is 3. The number of amides is 1. The fraction of sp³-hybridized carbons (Fsp3) is 0.400. The van der Waals surface area contributed by atoms with E-state index in [2.05, 4.69) is 15.3 Å². The highest BCUT2D eigenvalue weighted by Gasteiger charge is 2.41. The molecule has 0 saturated carbocycles. The summed E-state index contributed by atoms with van der Waals surface area (Å²) < 4.78 is 109. The summed E-state index contributed by atoms with van der Waals surface area (Å²) in [5.41, 5.74) is 0.702. The number of Topliss-reactive ketones (excluding diaryl/α,β-unsaturated/α-hetero) is 2. The number of benzene rings is 2. The maximum Gasteiger partial charge on any atom is 0.416 e. The lowest BCUT2D eigenvalue weighted by atomic mass is 9.98. The molecule has 0 spiro atoms. The minimum absolute atomic E-state index is 0. The van der Waals surface area contributed by atoms with E-state index >= 15 is 0 Å². The third-order valence-electron chi connectivity index (χ3n) is 10.2. The Hall–Kier alpha value is -5.98. The topological polar surface area (TPSA) is 149 Å². The summed E-state index contributed by atoms with van der Waals surface area (Å²) in [6.07, 6.45) is -8.77. The molecule has 4 heterocycles. The largest absolute Gasteiger partial charge is 0.444 e. The summed E-state index contributed by atoms with van der Waals surface area (Å²) in [7, 11) is 0. The van der Waals surface area contributed by atoms with Crippen LogP contribution in [0.5, 0.6) is 0 Å². The molecule has 1 amide bonds. The number of nitrogens with one attached hydrogen (secondary N) is 1. The van der Waals surface area contributed by atoms with Crippen LogP contribution in [0.25, 0.3) is 22.3 Å². The second kappa shape index (κ2) is 21.1. The fourth-order valence-corrected chi connectivity index (χ4v) is 7.00. The maximum absolute atomic E-state index is 14.1. The average Bonchev–Trinajstić information content (AvgIpc) is 3.86. The number of nitrogens with zero attached hydrogens (tertiary/aromatic N) is 5. The quantitative estimate of drug-likeness (QED) is 0.154. The molecule has 0 radical (unpaired) electrons. The summed E-state index contributed by atoms with van der Waals surface area (Å²) in [6.45, 7) is 4.97. The zero-order valence-corrected chi connectivity index (χ0v) is 35.5. The van der Waals surface area contributed by atoms with Gasteiger partial charge in [-0.3, -0.25) is 24.5 Å². The van der Waals surface area contributed by atoms with Gasteiger partial charge in [0.15, 0.2) is 5.78 Å². The summed E-state index contributed by atoms with van der Waals surface area (Å²) in [5.74, 6) is -0.458. The summed E-state index contributed by atoms with van der Waals surface area (Å²) in [4.78, 5) is 46.9. The molecule has 10 nitrogen and oxygen atoms in total. The number of aryl methyl sites for hydroxylation is 2. The number of likely N-dealkylation sites (tertiary alicyclic amines) is 1. The second-order valence-electron chi connectivity index (χ2n) is 16.0. The number of alkyl halides is 8. The number of hydrogen-bond acceptors (Lipinski definition) is 9. The highest BCUT2D eigenvalue weighted by Crippen LogP contribution is 2.34. The van der Waals surface area contributed by atoms with Gasteiger partial charge in [0.05, 0.1) is 40.9 Å². The molecule has 4 atom stereocenters. The van der Waals surface area contributed by atoms with Gasteiger partial charge in [0.2, 0.25) is 0 Å². The SMILES string of the molecule is CC(C)(C)OC(=O)N1C[C@H](F)C[C@H]1C(=O)CCc1cc(-c2ccc(C(F)(F)F)cc2)c(C#N)cn1.Cl.N#Cc1cnc(CCC(=O)[C@@H]2C[C@@H](F)CN2)cc1-c1ccc(C(F)(F)F)cc1. The van der Waals surface area contributed by atoms with Crippen LogP contribution in [0.3, 0.4) is 0 Å². The molecule has 0 bridgehead atoms. The molecule has 4 aromatic rings. The van der Waals surface area contributed by atoms with Crippen molar-refractivity contribution < 1.29 is 54.2 Å². The highest BCUT2D eigenvalue weighted by molar-refractivity contribution is 5.88. The molecule has 1 N–H and O–H groups in total. The van der Waals surface area contributed by atoms with E-state index in [4.69, 9.17) is 4.74 Å². The number of halogens is 9. The van der Waals surface area contributed by atoms with E-state index in [0.29, 0.717) is 40.1 Å². The van der Waals surface area contributed by atoms with Gasteiger partial charge < -0.3 is 10.1 Å². The number of carbonyl (C=O) groups excluding carboxylic acids is 3. The van der Waals surface area contributed by atoms with E-state index in [0.717, 1.165) is 29.2 Å². The lowest BCUT2D eigenvalue weighted by Gasteiger charge is -2.27. The van der Waals surface area contributed by atoms with Crippen LogP contribution in [0.4, 0.5) is 39.9 Å². The summed E-state index contributed by atoms with van der Waals surface area (Å²) in [5, 5.41) is 21.5. The molecule has 0 unspecified atom stereocenters. The fourth-order valence-electron chi connectivity index (χ4n) is 7.00. The van der Waals surface area contributed by atoms with Gasteiger partial charge in [-0.05, 0) is 81.1 Å². The molecule has 6 rings (SSSR count). The molecular weight excluding hydrogens is 876 g/mol. The number of aromatic nitrogens is 2. The van der Waals surface area contributed by atoms with Crippen molar-refractivity contribution in [2.24, 2.45) is 0 Å².